The second-order valence-corrected chi connectivity index (χ2v) is 10.4. The molecule has 1 aromatic heterocycles. The van der Waals surface area contributed by atoms with Crippen LogP contribution >= 0.6 is 11.6 Å². The summed E-state index contributed by atoms with van der Waals surface area (Å²) in [4.78, 5) is 24.2. The number of hydrogen-bond acceptors (Lipinski definition) is 6. The monoisotopic (exact) mass is 588 g/mol. The van der Waals surface area contributed by atoms with Crippen LogP contribution in [0, 0.1) is 10.8 Å². The molecular weight excluding hydrogens is 566 g/mol. The maximum absolute atomic E-state index is 13.1. The molecule has 0 spiro atoms. The van der Waals surface area contributed by atoms with Gasteiger partial charge in [0.05, 0.1) is 5.02 Å². The van der Waals surface area contributed by atoms with Crippen molar-refractivity contribution >= 4 is 17.5 Å². The lowest BCUT2D eigenvalue weighted by molar-refractivity contribution is -0.211. The third-order valence-corrected chi connectivity index (χ3v) is 7.04. The van der Waals surface area contributed by atoms with E-state index < -0.39 is 41.7 Å². The standard InChI is InChI=1S/C26H23ClF6N4O3/c1-23(2,25(28,29)30)21(38)34-12-14-3-8-18(27)17(11-14)20-35-19(36-22(39)37-20)15-4-6-16(7-5-15)40-13-24(9-10-24)26(31,32)33/h3-8,11H,9-10,12-13H2,1-2H3,(H,34,38)(H,35,36,37,39). The topological polar surface area (TPSA) is 97.2 Å². The summed E-state index contributed by atoms with van der Waals surface area (Å²) in [5.41, 5.74) is -3.43. The fourth-order valence-electron chi connectivity index (χ4n) is 3.58. The maximum atomic E-state index is 13.1. The van der Waals surface area contributed by atoms with E-state index in [1.165, 1.54) is 42.5 Å². The number of ether oxygens (including phenoxy) is 1. The van der Waals surface area contributed by atoms with Gasteiger partial charge in [0, 0.05) is 17.7 Å². The van der Waals surface area contributed by atoms with Gasteiger partial charge in [-0.3, -0.25) is 4.79 Å². The molecule has 2 N–H and O–H groups in total. The molecular formula is C26H23ClF6N4O3. The predicted octanol–water partition coefficient (Wildman–Crippen LogP) is 6.49. The molecule has 1 amide bonds. The third-order valence-electron chi connectivity index (χ3n) is 6.71. The Kier molecular flexibility index (Phi) is 7.65. The van der Waals surface area contributed by atoms with E-state index >= 15 is 0 Å². The van der Waals surface area contributed by atoms with Crippen molar-refractivity contribution in [3.63, 3.8) is 0 Å². The number of amides is 1. The summed E-state index contributed by atoms with van der Waals surface area (Å²) < 4.78 is 84.2. The van der Waals surface area contributed by atoms with Crippen molar-refractivity contribution in [1.82, 2.24) is 20.3 Å². The van der Waals surface area contributed by atoms with Crippen molar-refractivity contribution in [1.29, 1.82) is 0 Å². The molecule has 0 unspecified atom stereocenters. The van der Waals surface area contributed by atoms with Crippen molar-refractivity contribution in [2.75, 3.05) is 6.61 Å². The minimum absolute atomic E-state index is 0.0170. The van der Waals surface area contributed by atoms with Crippen molar-refractivity contribution in [2.24, 2.45) is 10.8 Å². The first-order valence-electron chi connectivity index (χ1n) is 11.9. The first-order chi connectivity index (χ1) is 18.5. The average molecular weight is 589 g/mol. The molecule has 0 saturated heterocycles. The number of halogens is 7. The van der Waals surface area contributed by atoms with Gasteiger partial charge in [-0.1, -0.05) is 17.7 Å². The molecule has 0 atom stereocenters. The van der Waals surface area contributed by atoms with Gasteiger partial charge in [-0.05, 0) is 68.7 Å². The fourth-order valence-corrected chi connectivity index (χ4v) is 3.78. The summed E-state index contributed by atoms with van der Waals surface area (Å²) >= 11 is 6.29. The van der Waals surface area contributed by atoms with Gasteiger partial charge in [-0.15, -0.1) is 0 Å². The summed E-state index contributed by atoms with van der Waals surface area (Å²) in [5, 5.41) is 12.5. The quantitative estimate of drug-likeness (QED) is 0.292. The molecule has 0 radical (unpaired) electrons. The summed E-state index contributed by atoms with van der Waals surface area (Å²) in [6.45, 7) is 0.810. The molecule has 40 heavy (non-hydrogen) atoms. The number of nitrogens with one attached hydrogen (secondary N) is 1. The summed E-state index contributed by atoms with van der Waals surface area (Å²) in [5.74, 6) is -1.04. The Bertz CT molecular complexity index is 1410. The molecule has 1 aliphatic carbocycles. The first kappa shape index (κ1) is 29.4. The van der Waals surface area contributed by atoms with Gasteiger partial charge in [-0.25, -0.2) is 4.98 Å². The summed E-state index contributed by atoms with van der Waals surface area (Å²) in [6, 6.07) is 9.62. The third kappa shape index (κ3) is 6.08. The van der Waals surface area contributed by atoms with Gasteiger partial charge >= 0.3 is 18.4 Å². The molecule has 7 nitrogen and oxygen atoms in total. The van der Waals surface area contributed by atoms with E-state index in [-0.39, 0.29) is 47.4 Å². The summed E-state index contributed by atoms with van der Waals surface area (Å²) in [6.07, 6.45) is -9.05. The van der Waals surface area contributed by atoms with Crippen LogP contribution in [0.15, 0.2) is 42.5 Å². The largest absolute Gasteiger partial charge is 0.493 e. The van der Waals surface area contributed by atoms with Crippen LogP contribution in [0.25, 0.3) is 22.8 Å². The highest BCUT2D eigenvalue weighted by molar-refractivity contribution is 6.33. The van der Waals surface area contributed by atoms with E-state index in [0.717, 1.165) is 13.8 Å². The Balaban J connectivity index is 1.51. The van der Waals surface area contributed by atoms with Crippen LogP contribution in [0.5, 0.6) is 11.8 Å². The molecule has 0 aliphatic heterocycles. The molecule has 4 rings (SSSR count). The van der Waals surface area contributed by atoms with Crippen molar-refractivity contribution in [2.45, 2.75) is 45.6 Å². The van der Waals surface area contributed by atoms with E-state index in [4.69, 9.17) is 16.3 Å². The number of benzene rings is 2. The lowest BCUT2D eigenvalue weighted by atomic mass is 9.91. The number of carbonyl (C=O) groups is 1. The van der Waals surface area contributed by atoms with Crippen LogP contribution in [0.2, 0.25) is 5.02 Å². The number of carbonyl (C=O) groups excluding carboxylic acids is 1. The van der Waals surface area contributed by atoms with Crippen LogP contribution in [0.4, 0.5) is 26.3 Å². The Morgan fingerprint density at radius 2 is 1.62 bits per heavy atom. The Labute approximate surface area is 229 Å². The normalized spacial score (nSPS) is 15.0. The lowest BCUT2D eigenvalue weighted by Gasteiger charge is -2.26. The lowest BCUT2D eigenvalue weighted by Crippen LogP contribution is -2.46. The van der Waals surface area contributed by atoms with Crippen LogP contribution in [0.3, 0.4) is 0 Å². The Morgan fingerprint density at radius 3 is 2.20 bits per heavy atom. The Morgan fingerprint density at radius 1 is 1.00 bits per heavy atom. The number of nitrogens with zero attached hydrogens (tertiary/aromatic N) is 3. The Hall–Kier alpha value is -3.61. The van der Waals surface area contributed by atoms with Gasteiger partial charge in [0.25, 0.3) is 0 Å². The van der Waals surface area contributed by atoms with Gasteiger partial charge in [0.15, 0.2) is 11.6 Å². The number of rotatable bonds is 8. The first-order valence-corrected chi connectivity index (χ1v) is 12.3. The zero-order chi connectivity index (χ0) is 29.5. The van der Waals surface area contributed by atoms with Gasteiger partial charge in [-0.2, -0.15) is 36.3 Å². The van der Waals surface area contributed by atoms with Crippen LogP contribution < -0.4 is 10.1 Å². The second kappa shape index (κ2) is 10.4. The minimum Gasteiger partial charge on any atom is -0.493 e. The van der Waals surface area contributed by atoms with E-state index in [1.807, 2.05) is 0 Å². The van der Waals surface area contributed by atoms with E-state index in [1.54, 1.807) is 0 Å². The van der Waals surface area contributed by atoms with E-state index in [2.05, 4.69) is 20.3 Å². The molecule has 1 saturated carbocycles. The van der Waals surface area contributed by atoms with Crippen molar-refractivity contribution in [3.8, 4) is 34.5 Å². The molecule has 0 bridgehead atoms. The highest BCUT2D eigenvalue weighted by Gasteiger charge is 2.63. The van der Waals surface area contributed by atoms with Gasteiger partial charge in [0.1, 0.15) is 23.2 Å². The van der Waals surface area contributed by atoms with Crippen LogP contribution in [-0.4, -0.2) is 44.9 Å². The zero-order valence-corrected chi connectivity index (χ0v) is 21.9. The summed E-state index contributed by atoms with van der Waals surface area (Å²) in [7, 11) is 0. The van der Waals surface area contributed by atoms with Crippen LogP contribution in [-0.2, 0) is 11.3 Å². The molecule has 1 fully saturated rings. The molecule has 2 aromatic carbocycles. The van der Waals surface area contributed by atoms with Crippen molar-refractivity contribution < 1.29 is 41.0 Å². The zero-order valence-electron chi connectivity index (χ0n) is 21.1. The fraction of sp³-hybridized carbons (Fsp3) is 0.385. The molecule has 214 valence electrons. The maximum Gasteiger partial charge on any atom is 0.402 e. The van der Waals surface area contributed by atoms with E-state index in [9.17, 15) is 36.2 Å². The predicted molar refractivity (Wildman–Crippen MR) is 132 cm³/mol. The van der Waals surface area contributed by atoms with Gasteiger partial charge < -0.3 is 15.2 Å². The molecule has 1 aliphatic rings. The number of aromatic hydroxyl groups is 1. The molecule has 14 heteroatoms. The van der Waals surface area contributed by atoms with Crippen LogP contribution in [0.1, 0.15) is 32.3 Å². The SMILES string of the molecule is CC(C)(C(=O)NCc1ccc(Cl)c(-c2nc(O)nc(-c3ccc(OCC4(C(F)(F)F)CC4)cc3)n2)c1)C(F)(F)F. The highest BCUT2D eigenvalue weighted by Crippen LogP contribution is 2.57. The minimum atomic E-state index is -4.74. The molecule has 3 aromatic rings. The number of hydrogen-bond donors (Lipinski definition) is 2. The van der Waals surface area contributed by atoms with Crippen molar-refractivity contribution in [3.05, 3.63) is 53.1 Å². The number of alkyl halides is 6. The average Bonchev–Trinajstić information content (AvgIpc) is 3.67. The smallest absolute Gasteiger partial charge is 0.402 e. The second-order valence-electron chi connectivity index (χ2n) is 9.99. The number of aromatic nitrogens is 3. The highest BCUT2D eigenvalue weighted by atomic mass is 35.5. The van der Waals surface area contributed by atoms with Gasteiger partial charge in [0.2, 0.25) is 5.91 Å². The molecule has 1 heterocycles. The van der Waals surface area contributed by atoms with E-state index in [0.29, 0.717) is 11.1 Å².